The van der Waals surface area contributed by atoms with Gasteiger partial charge in [-0.1, -0.05) is 19.1 Å². The molecular formula is C13H11BrF2N2S. The standard InChI is InChI=1S/C13H11BrF2N2S/c1-3-9-6(2)13(19)18-12(17-9)7-4-5-8(15)11(16)10(7)14/h4-5H,3H2,1-2H3,(H,17,18,19). The third kappa shape index (κ3) is 2.60. The van der Waals surface area contributed by atoms with E-state index in [0.717, 1.165) is 23.7 Å². The number of rotatable bonds is 2. The molecule has 0 saturated carbocycles. The molecule has 0 fully saturated rings. The first-order chi connectivity index (χ1) is 8.95. The van der Waals surface area contributed by atoms with E-state index in [0.29, 0.717) is 16.0 Å². The van der Waals surface area contributed by atoms with Crippen LogP contribution in [0.5, 0.6) is 0 Å². The first-order valence-corrected chi connectivity index (χ1v) is 6.89. The molecule has 2 aromatic rings. The molecule has 0 unspecified atom stereocenters. The van der Waals surface area contributed by atoms with Crippen LogP contribution in [-0.4, -0.2) is 9.97 Å². The summed E-state index contributed by atoms with van der Waals surface area (Å²) in [6, 6.07) is 2.53. The van der Waals surface area contributed by atoms with Crippen molar-refractivity contribution < 1.29 is 8.78 Å². The van der Waals surface area contributed by atoms with Crippen molar-refractivity contribution in [3.63, 3.8) is 0 Å². The van der Waals surface area contributed by atoms with E-state index in [1.165, 1.54) is 6.07 Å². The molecule has 0 aliphatic heterocycles. The third-order valence-electron chi connectivity index (χ3n) is 2.90. The number of H-pyrrole nitrogens is 1. The number of aromatic nitrogens is 2. The zero-order valence-electron chi connectivity index (χ0n) is 10.4. The van der Waals surface area contributed by atoms with Gasteiger partial charge in [0.25, 0.3) is 0 Å². The van der Waals surface area contributed by atoms with Crippen molar-refractivity contribution in [1.29, 1.82) is 0 Å². The van der Waals surface area contributed by atoms with E-state index in [-0.39, 0.29) is 4.47 Å². The summed E-state index contributed by atoms with van der Waals surface area (Å²) in [7, 11) is 0. The van der Waals surface area contributed by atoms with Crippen molar-refractivity contribution in [3.8, 4) is 11.4 Å². The van der Waals surface area contributed by atoms with Gasteiger partial charge in [-0.05, 0) is 41.4 Å². The average molecular weight is 345 g/mol. The summed E-state index contributed by atoms with van der Waals surface area (Å²) in [5, 5.41) is 0. The highest BCUT2D eigenvalue weighted by Gasteiger charge is 2.15. The fraction of sp³-hybridized carbons (Fsp3) is 0.231. The highest BCUT2D eigenvalue weighted by Crippen LogP contribution is 2.30. The van der Waals surface area contributed by atoms with Gasteiger partial charge in [-0.15, -0.1) is 0 Å². The summed E-state index contributed by atoms with van der Waals surface area (Å²) in [5.41, 5.74) is 2.28. The largest absolute Gasteiger partial charge is 0.343 e. The van der Waals surface area contributed by atoms with Crippen LogP contribution >= 0.6 is 28.1 Å². The lowest BCUT2D eigenvalue weighted by Gasteiger charge is -2.10. The molecule has 0 amide bonds. The molecule has 0 aliphatic rings. The van der Waals surface area contributed by atoms with Gasteiger partial charge in [-0.25, -0.2) is 13.8 Å². The van der Waals surface area contributed by atoms with E-state index in [1.54, 1.807) is 0 Å². The van der Waals surface area contributed by atoms with Crippen molar-refractivity contribution in [1.82, 2.24) is 9.97 Å². The quantitative estimate of drug-likeness (QED) is 0.630. The van der Waals surface area contributed by atoms with Gasteiger partial charge in [-0.2, -0.15) is 0 Å². The van der Waals surface area contributed by atoms with Gasteiger partial charge in [0.05, 0.1) is 4.47 Å². The summed E-state index contributed by atoms with van der Waals surface area (Å²) in [6.07, 6.45) is 0.756. The van der Waals surface area contributed by atoms with Crippen LogP contribution in [0.25, 0.3) is 11.4 Å². The van der Waals surface area contributed by atoms with Gasteiger partial charge in [0.1, 0.15) is 10.5 Å². The molecule has 0 aliphatic carbocycles. The van der Waals surface area contributed by atoms with Gasteiger partial charge in [0.2, 0.25) is 0 Å². The smallest absolute Gasteiger partial charge is 0.173 e. The molecule has 0 spiro atoms. The Bertz CT molecular complexity index is 698. The van der Waals surface area contributed by atoms with Crippen molar-refractivity contribution in [2.24, 2.45) is 0 Å². The van der Waals surface area contributed by atoms with Crippen LogP contribution in [0, 0.1) is 23.2 Å². The predicted molar refractivity (Wildman–Crippen MR) is 76.6 cm³/mol. The molecular weight excluding hydrogens is 334 g/mol. The number of aromatic amines is 1. The highest BCUT2D eigenvalue weighted by molar-refractivity contribution is 9.10. The second-order valence-electron chi connectivity index (χ2n) is 4.07. The normalized spacial score (nSPS) is 10.8. The Labute approximate surface area is 123 Å². The van der Waals surface area contributed by atoms with Gasteiger partial charge in [0, 0.05) is 16.8 Å². The van der Waals surface area contributed by atoms with Crippen LogP contribution in [0.4, 0.5) is 8.78 Å². The fourth-order valence-corrected chi connectivity index (χ4v) is 2.49. The minimum absolute atomic E-state index is 0.0385. The monoisotopic (exact) mass is 344 g/mol. The molecule has 100 valence electrons. The lowest BCUT2D eigenvalue weighted by atomic mass is 10.1. The van der Waals surface area contributed by atoms with E-state index in [4.69, 9.17) is 12.2 Å². The number of hydrogen-bond donors (Lipinski definition) is 1. The van der Waals surface area contributed by atoms with Crippen LogP contribution in [0.3, 0.4) is 0 Å². The first-order valence-electron chi connectivity index (χ1n) is 5.69. The number of benzene rings is 1. The predicted octanol–water partition coefficient (Wildman–Crippen LogP) is 4.72. The Morgan fingerprint density at radius 2 is 2.05 bits per heavy atom. The number of hydrogen-bond acceptors (Lipinski definition) is 2. The van der Waals surface area contributed by atoms with E-state index in [2.05, 4.69) is 25.9 Å². The summed E-state index contributed by atoms with van der Waals surface area (Å²) >= 11 is 8.23. The molecule has 2 nitrogen and oxygen atoms in total. The van der Waals surface area contributed by atoms with Crippen molar-refractivity contribution in [2.45, 2.75) is 20.3 Å². The van der Waals surface area contributed by atoms with Gasteiger partial charge >= 0.3 is 0 Å². The SMILES string of the molecule is CCc1[nH]c(-c2ccc(F)c(F)c2Br)nc(=S)c1C. The summed E-state index contributed by atoms with van der Waals surface area (Å²) in [6.45, 7) is 3.87. The summed E-state index contributed by atoms with van der Waals surface area (Å²) < 4.78 is 27.2. The maximum absolute atomic E-state index is 13.5. The molecule has 1 aromatic carbocycles. The van der Waals surface area contributed by atoms with Crippen molar-refractivity contribution >= 4 is 28.1 Å². The minimum atomic E-state index is -0.933. The zero-order chi connectivity index (χ0) is 14.2. The first kappa shape index (κ1) is 14.3. The lowest BCUT2D eigenvalue weighted by molar-refractivity contribution is 0.504. The molecule has 6 heteroatoms. The molecule has 0 atom stereocenters. The maximum Gasteiger partial charge on any atom is 0.173 e. The van der Waals surface area contributed by atoms with Crippen LogP contribution < -0.4 is 0 Å². The van der Waals surface area contributed by atoms with Gasteiger partial charge < -0.3 is 4.98 Å². The topological polar surface area (TPSA) is 28.7 Å². The Hall–Kier alpha value is -1.14. The van der Waals surface area contributed by atoms with E-state index >= 15 is 0 Å². The van der Waals surface area contributed by atoms with Crippen molar-refractivity contribution in [3.05, 3.63) is 44.1 Å². The van der Waals surface area contributed by atoms with Crippen LogP contribution in [0.2, 0.25) is 0 Å². The Morgan fingerprint density at radius 3 is 2.68 bits per heavy atom. The molecule has 1 heterocycles. The number of nitrogens with one attached hydrogen (secondary N) is 1. The van der Waals surface area contributed by atoms with Gasteiger partial charge in [-0.3, -0.25) is 0 Å². The molecule has 1 aromatic heterocycles. The molecule has 2 rings (SSSR count). The zero-order valence-corrected chi connectivity index (χ0v) is 12.8. The average Bonchev–Trinajstić information content (AvgIpc) is 2.39. The Kier molecular flexibility index (Phi) is 4.10. The number of halogens is 3. The molecule has 0 radical (unpaired) electrons. The second kappa shape index (κ2) is 5.46. The summed E-state index contributed by atoms with van der Waals surface area (Å²) in [4.78, 5) is 7.33. The van der Waals surface area contributed by atoms with Crippen molar-refractivity contribution in [2.75, 3.05) is 0 Å². The fourth-order valence-electron chi connectivity index (χ4n) is 1.77. The third-order valence-corrected chi connectivity index (χ3v) is 4.07. The lowest BCUT2D eigenvalue weighted by Crippen LogP contribution is -2.01. The Balaban J connectivity index is 2.70. The molecule has 19 heavy (non-hydrogen) atoms. The van der Waals surface area contributed by atoms with E-state index < -0.39 is 11.6 Å². The van der Waals surface area contributed by atoms with E-state index in [9.17, 15) is 8.78 Å². The summed E-state index contributed by atoms with van der Waals surface area (Å²) in [5.74, 6) is -1.41. The van der Waals surface area contributed by atoms with Crippen LogP contribution in [0.15, 0.2) is 16.6 Å². The molecule has 1 N–H and O–H groups in total. The maximum atomic E-state index is 13.5. The van der Waals surface area contributed by atoms with Crippen LogP contribution in [0.1, 0.15) is 18.2 Å². The molecule has 0 saturated heterocycles. The Morgan fingerprint density at radius 1 is 1.37 bits per heavy atom. The second-order valence-corrected chi connectivity index (χ2v) is 5.25. The number of nitrogens with zero attached hydrogens (tertiary/aromatic N) is 1. The van der Waals surface area contributed by atoms with Crippen LogP contribution in [-0.2, 0) is 6.42 Å². The van der Waals surface area contributed by atoms with E-state index in [1.807, 2.05) is 13.8 Å². The highest BCUT2D eigenvalue weighted by atomic mass is 79.9. The molecule has 0 bridgehead atoms. The number of aryl methyl sites for hydroxylation is 1. The van der Waals surface area contributed by atoms with Gasteiger partial charge in [0.15, 0.2) is 11.6 Å². The minimum Gasteiger partial charge on any atom is -0.343 e.